The molecule has 0 spiro atoms. The zero-order valence-corrected chi connectivity index (χ0v) is 21.1. The van der Waals surface area contributed by atoms with Crippen LogP contribution in [0.15, 0.2) is 24.3 Å². The quantitative estimate of drug-likeness (QED) is 0.342. The molecule has 0 radical (unpaired) electrons. The van der Waals surface area contributed by atoms with Gasteiger partial charge in [-0.2, -0.15) is 0 Å². The maximum atomic E-state index is 4.91. The molecule has 27 heavy (non-hydrogen) atoms. The molecule has 4 heteroatoms. The van der Waals surface area contributed by atoms with E-state index in [4.69, 9.17) is 10.3 Å². The molecule has 1 aromatic carbocycles. The SMILES string of the molecule is CCC[CH2][Sn]([CH2]CCC)([CH2]CCC)[c]1nnn(-c2ccccc2CC)c1C. The fourth-order valence-electron chi connectivity index (χ4n) is 4.34. The van der Waals surface area contributed by atoms with Gasteiger partial charge in [0.05, 0.1) is 0 Å². The third-order valence-corrected chi connectivity index (χ3v) is 21.4. The molecule has 0 saturated carbocycles. The fraction of sp³-hybridized carbons (Fsp3) is 0.652. The van der Waals surface area contributed by atoms with E-state index in [0.29, 0.717) is 0 Å². The van der Waals surface area contributed by atoms with Crippen LogP contribution >= 0.6 is 0 Å². The molecule has 0 aliphatic carbocycles. The molecule has 0 atom stereocenters. The number of para-hydroxylation sites is 1. The molecule has 0 amide bonds. The molecule has 0 fully saturated rings. The van der Waals surface area contributed by atoms with Gasteiger partial charge in [-0.3, -0.25) is 0 Å². The van der Waals surface area contributed by atoms with Crippen LogP contribution in [0.25, 0.3) is 5.69 Å². The average Bonchev–Trinajstić information content (AvgIpc) is 3.09. The number of unbranched alkanes of at least 4 members (excludes halogenated alkanes) is 3. The van der Waals surface area contributed by atoms with Gasteiger partial charge in [-0.25, -0.2) is 0 Å². The summed E-state index contributed by atoms with van der Waals surface area (Å²) < 4.78 is 7.94. The van der Waals surface area contributed by atoms with Crippen molar-refractivity contribution in [1.29, 1.82) is 0 Å². The zero-order chi connectivity index (χ0) is 19.7. The Balaban J connectivity index is 2.50. The number of aryl methyl sites for hydroxylation is 1. The number of nitrogens with zero attached hydrogens (tertiary/aromatic N) is 3. The van der Waals surface area contributed by atoms with Gasteiger partial charge >= 0.3 is 171 Å². The molecule has 1 heterocycles. The van der Waals surface area contributed by atoms with Gasteiger partial charge < -0.3 is 0 Å². The summed E-state index contributed by atoms with van der Waals surface area (Å²) in [5.74, 6) is 0. The van der Waals surface area contributed by atoms with E-state index in [1.807, 2.05) is 0 Å². The first-order chi connectivity index (χ1) is 13.1. The first-order valence-corrected chi connectivity index (χ1v) is 18.6. The molecule has 2 aromatic rings. The Morgan fingerprint density at radius 3 is 1.93 bits per heavy atom. The monoisotopic (exact) mass is 477 g/mol. The third-order valence-electron chi connectivity index (χ3n) is 6.02. The predicted molar refractivity (Wildman–Crippen MR) is 120 cm³/mol. The average molecular weight is 476 g/mol. The van der Waals surface area contributed by atoms with Crippen LogP contribution in [0, 0.1) is 6.92 Å². The van der Waals surface area contributed by atoms with E-state index < -0.39 is 18.4 Å². The van der Waals surface area contributed by atoms with E-state index in [-0.39, 0.29) is 0 Å². The summed E-state index contributed by atoms with van der Waals surface area (Å²) in [5.41, 5.74) is 3.90. The summed E-state index contributed by atoms with van der Waals surface area (Å²) >= 11 is -2.53. The van der Waals surface area contributed by atoms with Gasteiger partial charge in [0, 0.05) is 0 Å². The van der Waals surface area contributed by atoms with E-state index in [1.165, 1.54) is 72.5 Å². The molecule has 1 aromatic heterocycles. The number of hydrogen-bond acceptors (Lipinski definition) is 2. The second-order valence-corrected chi connectivity index (χ2v) is 20.9. The molecule has 0 bridgehead atoms. The van der Waals surface area contributed by atoms with E-state index in [9.17, 15) is 0 Å². The number of benzene rings is 1. The van der Waals surface area contributed by atoms with E-state index in [0.717, 1.165) is 6.42 Å². The van der Waals surface area contributed by atoms with Gasteiger partial charge in [-0.1, -0.05) is 0 Å². The van der Waals surface area contributed by atoms with Crippen LogP contribution in [0.2, 0.25) is 13.3 Å². The summed E-state index contributed by atoms with van der Waals surface area (Å²) in [6.07, 6.45) is 9.00. The second-order valence-electron chi connectivity index (χ2n) is 8.01. The summed E-state index contributed by atoms with van der Waals surface area (Å²) in [7, 11) is 0. The molecule has 0 N–H and O–H groups in total. The van der Waals surface area contributed by atoms with Crippen LogP contribution in [-0.2, 0) is 6.42 Å². The van der Waals surface area contributed by atoms with Gasteiger partial charge in [-0.05, 0) is 0 Å². The summed E-state index contributed by atoms with van der Waals surface area (Å²) in [5, 5.41) is 9.61. The van der Waals surface area contributed by atoms with Crippen molar-refractivity contribution < 1.29 is 0 Å². The van der Waals surface area contributed by atoms with Crippen molar-refractivity contribution in [2.45, 2.75) is 92.9 Å². The predicted octanol–water partition coefficient (Wildman–Crippen LogP) is 6.19. The van der Waals surface area contributed by atoms with Crippen molar-refractivity contribution in [1.82, 2.24) is 15.0 Å². The molecule has 0 aliphatic rings. The Kier molecular flexibility index (Phi) is 9.34. The summed E-state index contributed by atoms with van der Waals surface area (Å²) in [4.78, 5) is 0. The van der Waals surface area contributed by atoms with Gasteiger partial charge in [0.25, 0.3) is 0 Å². The van der Waals surface area contributed by atoms with Crippen molar-refractivity contribution >= 4 is 22.1 Å². The number of aromatic nitrogens is 3. The topological polar surface area (TPSA) is 30.7 Å². The van der Waals surface area contributed by atoms with Crippen LogP contribution in [0.5, 0.6) is 0 Å². The Morgan fingerprint density at radius 2 is 1.41 bits per heavy atom. The maximum absolute atomic E-state index is 4.91. The van der Waals surface area contributed by atoms with Crippen molar-refractivity contribution in [2.24, 2.45) is 0 Å². The second kappa shape index (κ2) is 11.2. The molecule has 0 unspecified atom stereocenters. The fourth-order valence-corrected chi connectivity index (χ4v) is 20.6. The summed E-state index contributed by atoms with van der Waals surface area (Å²) in [6, 6.07) is 8.67. The molecule has 2 rings (SSSR count). The first kappa shape index (κ1) is 22.4. The Hall–Kier alpha value is -0.841. The van der Waals surface area contributed by atoms with E-state index >= 15 is 0 Å². The van der Waals surface area contributed by atoms with Crippen molar-refractivity contribution in [3.8, 4) is 5.69 Å². The Labute approximate surface area is 170 Å². The van der Waals surface area contributed by atoms with Crippen molar-refractivity contribution in [3.05, 3.63) is 35.5 Å². The third kappa shape index (κ3) is 5.36. The van der Waals surface area contributed by atoms with Crippen LogP contribution in [-0.4, -0.2) is 33.4 Å². The Morgan fingerprint density at radius 1 is 0.852 bits per heavy atom. The van der Waals surface area contributed by atoms with Crippen LogP contribution < -0.4 is 3.71 Å². The van der Waals surface area contributed by atoms with Crippen LogP contribution in [0.4, 0.5) is 0 Å². The van der Waals surface area contributed by atoms with Crippen LogP contribution in [0.3, 0.4) is 0 Å². The van der Waals surface area contributed by atoms with Gasteiger partial charge in [-0.15, -0.1) is 0 Å². The molecule has 0 saturated heterocycles. The standard InChI is InChI=1S/C11H12N3.3C4H9.Sn/c1-3-10-6-4-5-7-11(10)14-9(2)8-12-13-14;3*1-3-4-2;/h4-7H,3H2,1-2H3;3*1,3-4H2,2H3;. The minimum absolute atomic E-state index is 1.03. The van der Waals surface area contributed by atoms with Gasteiger partial charge in [0.2, 0.25) is 0 Å². The van der Waals surface area contributed by atoms with Gasteiger partial charge in [0.15, 0.2) is 0 Å². The normalized spacial score (nSPS) is 11.9. The number of rotatable bonds is 12. The van der Waals surface area contributed by atoms with E-state index in [2.05, 4.69) is 63.6 Å². The summed E-state index contributed by atoms with van der Waals surface area (Å²) in [6.45, 7) is 11.5. The molecular formula is C23H39N3Sn. The first-order valence-electron chi connectivity index (χ1n) is 11.1. The molecule has 0 aliphatic heterocycles. The van der Waals surface area contributed by atoms with Crippen molar-refractivity contribution in [3.63, 3.8) is 0 Å². The number of hydrogen-bond donors (Lipinski definition) is 0. The zero-order valence-electron chi connectivity index (χ0n) is 18.2. The van der Waals surface area contributed by atoms with Crippen molar-refractivity contribution in [2.75, 3.05) is 0 Å². The molecular weight excluding hydrogens is 437 g/mol. The van der Waals surface area contributed by atoms with Gasteiger partial charge in [0.1, 0.15) is 0 Å². The van der Waals surface area contributed by atoms with Crippen LogP contribution in [0.1, 0.15) is 77.5 Å². The Bertz CT molecular complexity index is 671. The van der Waals surface area contributed by atoms with E-state index in [1.54, 1.807) is 0 Å². The minimum atomic E-state index is -2.53. The molecule has 150 valence electrons. The molecule has 3 nitrogen and oxygen atoms in total.